The van der Waals surface area contributed by atoms with Crippen LogP contribution in [0.15, 0.2) is 0 Å². The zero-order valence-electron chi connectivity index (χ0n) is 6.79. The average molecular weight is 149 g/mol. The number of aliphatic hydroxyl groups excluding tert-OH is 1. The number of carboxylic acid groups (broad SMARTS) is 1. The molecule has 0 bridgehead atoms. The van der Waals surface area contributed by atoms with Gasteiger partial charge in [0.05, 0.1) is 0 Å². The predicted octanol–water partition coefficient (Wildman–Crippen LogP) is -0.542. The second-order valence-electron chi connectivity index (χ2n) is 1.01. The molecule has 5 heteroatoms. The number of carboxylic acids is 1. The summed E-state index contributed by atoms with van der Waals surface area (Å²) in [5, 5.41) is 15.8. The van der Waals surface area contributed by atoms with Crippen molar-refractivity contribution in [2.24, 2.45) is 0 Å². The van der Waals surface area contributed by atoms with Crippen molar-refractivity contribution in [3.8, 4) is 0 Å². The van der Waals surface area contributed by atoms with E-state index in [1.165, 1.54) is 6.92 Å². The first-order valence-electron chi connectivity index (χ1n) is 1.55. The summed E-state index contributed by atoms with van der Waals surface area (Å²) < 4.78 is 0. The van der Waals surface area contributed by atoms with Gasteiger partial charge in [0.1, 0.15) is 6.10 Å². The van der Waals surface area contributed by atoms with E-state index in [1.807, 2.05) is 0 Å². The van der Waals surface area contributed by atoms with Gasteiger partial charge in [0.15, 0.2) is 0 Å². The van der Waals surface area contributed by atoms with Crippen molar-refractivity contribution in [1.82, 2.24) is 6.15 Å². The van der Waals surface area contributed by atoms with E-state index >= 15 is 0 Å². The molecule has 1 atom stereocenters. The molecule has 0 radical (unpaired) electrons. The molecule has 8 heavy (non-hydrogen) atoms. The molecule has 0 aromatic carbocycles. The number of hydrogen-bond acceptors (Lipinski definition) is 3. The van der Waals surface area contributed by atoms with Crippen LogP contribution >= 0.6 is 0 Å². The van der Waals surface area contributed by atoms with Gasteiger partial charge in [0.25, 0.3) is 0 Å². The Morgan fingerprint density at radius 3 is 1.88 bits per heavy atom. The Balaban J connectivity index is -0.0000000208. The quantitative estimate of drug-likeness (QED) is 0.436. The average Bonchev–Trinajstić information content (AvgIpc) is 1.36. The molecule has 48 valence electrons. The van der Waals surface area contributed by atoms with Crippen LogP contribution in [0, 0.1) is 0 Å². The van der Waals surface area contributed by atoms with Gasteiger partial charge < -0.3 is 19.2 Å². The molecule has 4 nitrogen and oxygen atoms in total. The van der Waals surface area contributed by atoms with Crippen molar-refractivity contribution in [2.45, 2.75) is 13.0 Å². The van der Waals surface area contributed by atoms with Gasteiger partial charge in [-0.2, -0.15) is 0 Å². The Morgan fingerprint density at radius 1 is 1.75 bits per heavy atom. The van der Waals surface area contributed by atoms with Crippen LogP contribution in [0.2, 0.25) is 0 Å². The standard InChI is InChI=1S/C3H6O3.Ca.H3N.2H/c1-2(4)3(5)6;;;;/h2,4H,1H3,(H,5,6);;1H3;;/q;+2;;2*-1. The van der Waals surface area contributed by atoms with Crippen LogP contribution in [0.3, 0.4) is 0 Å². The number of aliphatic carboxylic acids is 1. The summed E-state index contributed by atoms with van der Waals surface area (Å²) >= 11 is 0. The van der Waals surface area contributed by atoms with Gasteiger partial charge in [-0.15, -0.1) is 0 Å². The second kappa shape index (κ2) is 7.65. The number of carbonyl (C=O) groups is 1. The molecule has 0 aliphatic rings. The third kappa shape index (κ3) is 9.82. The summed E-state index contributed by atoms with van der Waals surface area (Å²) in [5.74, 6) is -1.19. The van der Waals surface area contributed by atoms with E-state index < -0.39 is 12.1 Å². The van der Waals surface area contributed by atoms with Crippen molar-refractivity contribution >= 4 is 43.7 Å². The monoisotopic (exact) mass is 149 g/mol. The number of aliphatic hydroxyl groups is 1. The van der Waals surface area contributed by atoms with Crippen molar-refractivity contribution in [1.29, 1.82) is 0 Å². The number of rotatable bonds is 1. The molecule has 0 amide bonds. The van der Waals surface area contributed by atoms with Gasteiger partial charge in [-0.25, -0.2) is 4.79 Å². The summed E-state index contributed by atoms with van der Waals surface area (Å²) in [4.78, 5) is 9.45. The Hall–Kier alpha value is 0.650. The minimum Gasteiger partial charge on any atom is -1.00 e. The fourth-order valence-electron chi connectivity index (χ4n) is 0. The van der Waals surface area contributed by atoms with Crippen LogP contribution < -0.4 is 6.15 Å². The Bertz CT molecular complexity index is 72.8. The molecule has 0 spiro atoms. The molecule has 0 fully saturated rings. The number of hydrogen-bond donors (Lipinski definition) is 3. The molecule has 0 saturated heterocycles. The third-order valence-corrected chi connectivity index (χ3v) is 0.357. The SMILES string of the molecule is CC(O)C(=O)O.N.[Ca+2].[H-].[H-]. The van der Waals surface area contributed by atoms with E-state index in [2.05, 4.69) is 0 Å². The van der Waals surface area contributed by atoms with Crippen LogP contribution in [-0.4, -0.2) is 60.0 Å². The Morgan fingerprint density at radius 2 is 1.88 bits per heavy atom. The summed E-state index contributed by atoms with van der Waals surface area (Å²) in [6.45, 7) is 1.20. The summed E-state index contributed by atoms with van der Waals surface area (Å²) in [6.07, 6.45) is -1.23. The van der Waals surface area contributed by atoms with E-state index in [9.17, 15) is 4.79 Å². The first-order chi connectivity index (χ1) is 2.64. The summed E-state index contributed by atoms with van der Waals surface area (Å²) in [6, 6.07) is 0. The molecule has 0 aliphatic heterocycles. The smallest absolute Gasteiger partial charge is 1.00 e. The molecule has 0 heterocycles. The molecule has 1 unspecified atom stereocenters. The van der Waals surface area contributed by atoms with E-state index in [0.717, 1.165) is 0 Å². The van der Waals surface area contributed by atoms with Crippen molar-refractivity contribution in [3.63, 3.8) is 0 Å². The van der Waals surface area contributed by atoms with Crippen LogP contribution in [-0.2, 0) is 4.79 Å². The molecule has 5 N–H and O–H groups in total. The zero-order chi connectivity index (χ0) is 5.15. The fraction of sp³-hybridized carbons (Fsp3) is 0.667. The van der Waals surface area contributed by atoms with Crippen LogP contribution in [0.25, 0.3) is 0 Å². The summed E-state index contributed by atoms with van der Waals surface area (Å²) in [5.41, 5.74) is 0. The van der Waals surface area contributed by atoms with E-state index in [0.29, 0.717) is 0 Å². The van der Waals surface area contributed by atoms with E-state index in [1.54, 1.807) is 0 Å². The van der Waals surface area contributed by atoms with Crippen LogP contribution in [0.4, 0.5) is 0 Å². The minimum atomic E-state index is -1.23. The van der Waals surface area contributed by atoms with Crippen LogP contribution in [0.1, 0.15) is 9.78 Å². The first kappa shape index (κ1) is 15.9. The normalized spacial score (nSPS) is 10.2. The van der Waals surface area contributed by atoms with Gasteiger partial charge in [-0.05, 0) is 6.92 Å². The maximum absolute atomic E-state index is 9.45. The molecule has 0 rings (SSSR count). The van der Waals surface area contributed by atoms with Gasteiger partial charge >= 0.3 is 43.7 Å². The summed E-state index contributed by atoms with van der Waals surface area (Å²) in [7, 11) is 0. The molecule has 0 aromatic heterocycles. The predicted molar refractivity (Wildman–Crippen MR) is 32.3 cm³/mol. The van der Waals surface area contributed by atoms with Crippen molar-refractivity contribution < 1.29 is 17.9 Å². The Labute approximate surface area is 80.4 Å². The second-order valence-corrected chi connectivity index (χ2v) is 1.01. The van der Waals surface area contributed by atoms with Gasteiger partial charge in [0, 0.05) is 0 Å². The minimum absolute atomic E-state index is 0. The third-order valence-electron chi connectivity index (χ3n) is 0.357. The fourth-order valence-corrected chi connectivity index (χ4v) is 0. The maximum Gasteiger partial charge on any atom is 2.00 e. The van der Waals surface area contributed by atoms with Crippen molar-refractivity contribution in [3.05, 3.63) is 0 Å². The topological polar surface area (TPSA) is 92.5 Å². The molecular weight excluding hydrogens is 138 g/mol. The van der Waals surface area contributed by atoms with Gasteiger partial charge in [0.2, 0.25) is 0 Å². The van der Waals surface area contributed by atoms with E-state index in [-0.39, 0.29) is 46.7 Å². The van der Waals surface area contributed by atoms with E-state index in [4.69, 9.17) is 10.2 Å². The van der Waals surface area contributed by atoms with Crippen molar-refractivity contribution in [2.75, 3.05) is 0 Å². The van der Waals surface area contributed by atoms with Gasteiger partial charge in [-0.3, -0.25) is 0 Å². The largest absolute Gasteiger partial charge is 2.00 e. The first-order valence-corrected chi connectivity index (χ1v) is 1.55. The Kier molecular flexibility index (Phi) is 15.2. The molecule has 0 saturated carbocycles. The zero-order valence-corrected chi connectivity index (χ0v) is 7.00. The molecule has 0 aromatic rings. The molecule has 0 aliphatic carbocycles. The maximum atomic E-state index is 9.45. The molecular formula is C3H11CaNO3. The van der Waals surface area contributed by atoms with Gasteiger partial charge in [-0.1, -0.05) is 0 Å². The van der Waals surface area contributed by atoms with Crippen LogP contribution in [0.5, 0.6) is 0 Å².